The molecule has 1 amide bonds. The molecule has 0 aliphatic carbocycles. The quantitative estimate of drug-likeness (QED) is 0.721. The van der Waals surface area contributed by atoms with E-state index in [-0.39, 0.29) is 18.3 Å². The number of carbonyl (C=O) groups excluding carboxylic acids is 2. The third kappa shape index (κ3) is 3.86. The fourth-order valence-electron chi connectivity index (χ4n) is 4.08. The second-order valence-corrected chi connectivity index (χ2v) is 7.13. The first-order valence-electron chi connectivity index (χ1n) is 10.1. The van der Waals surface area contributed by atoms with Crippen molar-refractivity contribution in [2.75, 3.05) is 37.7 Å². The van der Waals surface area contributed by atoms with Crippen molar-refractivity contribution in [3.8, 4) is 0 Å². The number of para-hydroxylation sites is 1. The molecule has 1 aliphatic rings. The van der Waals surface area contributed by atoms with Gasteiger partial charge in [-0.3, -0.25) is 4.79 Å². The molecule has 0 bridgehead atoms. The fraction of sp³-hybridized carbons (Fsp3) is 0.455. The van der Waals surface area contributed by atoms with Crippen LogP contribution in [0.25, 0.3) is 0 Å². The summed E-state index contributed by atoms with van der Waals surface area (Å²) in [6, 6.07) is 6.69. The van der Waals surface area contributed by atoms with E-state index in [4.69, 9.17) is 4.74 Å². The Morgan fingerprint density at radius 2 is 1.72 bits per heavy atom. The highest BCUT2D eigenvalue weighted by atomic mass is 19.1. The zero-order valence-electron chi connectivity index (χ0n) is 17.5. The average Bonchev–Trinajstić information content (AvgIpc) is 2.97. The van der Waals surface area contributed by atoms with Crippen LogP contribution in [0.2, 0.25) is 0 Å². The lowest BCUT2D eigenvalue weighted by molar-refractivity contribution is 0.0512. The molecule has 2 aromatic rings. The van der Waals surface area contributed by atoms with Crippen LogP contribution in [0.15, 0.2) is 24.3 Å². The zero-order valence-corrected chi connectivity index (χ0v) is 17.5. The summed E-state index contributed by atoms with van der Waals surface area (Å²) in [5, 5.41) is 0. The predicted octanol–water partition coefficient (Wildman–Crippen LogP) is 3.40. The predicted molar refractivity (Wildman–Crippen MR) is 110 cm³/mol. The summed E-state index contributed by atoms with van der Waals surface area (Å²) in [6.07, 6.45) is 0. The summed E-state index contributed by atoms with van der Waals surface area (Å²) >= 11 is 0. The Balaban J connectivity index is 1.81. The Bertz CT molecular complexity index is 914. The fourth-order valence-corrected chi connectivity index (χ4v) is 4.08. The van der Waals surface area contributed by atoms with E-state index in [9.17, 15) is 14.0 Å². The standard InChI is InChI=1S/C22H28FN3O3/c1-5-26-16(4)19(15(3)20(26)22(28)29-6-2)21(27)25-13-11-24(12-14-25)18-10-8-7-9-17(18)23/h7-10H,5-6,11-14H2,1-4H3. The first-order valence-corrected chi connectivity index (χ1v) is 10.1. The van der Waals surface area contributed by atoms with Crippen LogP contribution >= 0.6 is 0 Å². The molecule has 0 N–H and O–H groups in total. The van der Waals surface area contributed by atoms with Gasteiger partial charge in [-0.2, -0.15) is 0 Å². The van der Waals surface area contributed by atoms with Crippen molar-refractivity contribution in [3.63, 3.8) is 0 Å². The van der Waals surface area contributed by atoms with Crippen molar-refractivity contribution >= 4 is 17.6 Å². The van der Waals surface area contributed by atoms with Gasteiger partial charge in [0.25, 0.3) is 5.91 Å². The van der Waals surface area contributed by atoms with E-state index in [1.165, 1.54) is 6.07 Å². The molecule has 1 fully saturated rings. The van der Waals surface area contributed by atoms with Gasteiger partial charge in [0.05, 0.1) is 17.9 Å². The number of esters is 1. The van der Waals surface area contributed by atoms with Crippen LogP contribution in [0.1, 0.15) is 46.0 Å². The van der Waals surface area contributed by atoms with Gasteiger partial charge in [0, 0.05) is 38.4 Å². The molecule has 6 nitrogen and oxygen atoms in total. The van der Waals surface area contributed by atoms with E-state index in [0.29, 0.717) is 55.2 Å². The van der Waals surface area contributed by atoms with Gasteiger partial charge in [0.1, 0.15) is 11.5 Å². The first kappa shape index (κ1) is 20.9. The summed E-state index contributed by atoms with van der Waals surface area (Å²) in [5.74, 6) is -0.748. The molecular formula is C22H28FN3O3. The molecule has 156 valence electrons. The van der Waals surface area contributed by atoms with Crippen molar-refractivity contribution in [2.24, 2.45) is 0 Å². The maximum absolute atomic E-state index is 14.1. The molecule has 0 radical (unpaired) electrons. The number of piperazine rings is 1. The maximum atomic E-state index is 14.1. The molecule has 1 saturated heterocycles. The first-order chi connectivity index (χ1) is 13.9. The van der Waals surface area contributed by atoms with Crippen molar-refractivity contribution < 1.29 is 18.7 Å². The van der Waals surface area contributed by atoms with Crippen molar-refractivity contribution in [1.82, 2.24) is 9.47 Å². The highest BCUT2D eigenvalue weighted by molar-refractivity contribution is 6.01. The van der Waals surface area contributed by atoms with Gasteiger partial charge in [-0.1, -0.05) is 12.1 Å². The van der Waals surface area contributed by atoms with Crippen molar-refractivity contribution in [1.29, 1.82) is 0 Å². The molecule has 0 atom stereocenters. The van der Waals surface area contributed by atoms with E-state index in [1.54, 1.807) is 30.9 Å². The molecule has 0 unspecified atom stereocenters. The smallest absolute Gasteiger partial charge is 0.355 e. The zero-order chi connectivity index (χ0) is 21.1. The second kappa shape index (κ2) is 8.68. The lowest BCUT2D eigenvalue weighted by Crippen LogP contribution is -2.49. The molecule has 7 heteroatoms. The number of hydrogen-bond acceptors (Lipinski definition) is 4. The second-order valence-electron chi connectivity index (χ2n) is 7.13. The molecule has 1 aromatic heterocycles. The van der Waals surface area contributed by atoms with E-state index in [1.807, 2.05) is 29.4 Å². The van der Waals surface area contributed by atoms with Crippen LogP contribution in [0.4, 0.5) is 10.1 Å². The Hall–Kier alpha value is -2.83. The Labute approximate surface area is 170 Å². The minimum absolute atomic E-state index is 0.0917. The number of amides is 1. The summed E-state index contributed by atoms with van der Waals surface area (Å²) in [4.78, 5) is 29.5. The number of ether oxygens (including phenoxy) is 1. The third-order valence-corrected chi connectivity index (χ3v) is 5.53. The molecule has 1 aliphatic heterocycles. The lowest BCUT2D eigenvalue weighted by Gasteiger charge is -2.36. The molecule has 29 heavy (non-hydrogen) atoms. The van der Waals surface area contributed by atoms with Crippen LogP contribution in [0, 0.1) is 19.7 Å². The number of aromatic nitrogens is 1. The summed E-state index contributed by atoms with van der Waals surface area (Å²) in [5.41, 5.74) is 3.00. The molecule has 1 aromatic carbocycles. The van der Waals surface area contributed by atoms with Crippen LogP contribution in [0.5, 0.6) is 0 Å². The van der Waals surface area contributed by atoms with Crippen LogP contribution in [-0.2, 0) is 11.3 Å². The Morgan fingerprint density at radius 3 is 2.31 bits per heavy atom. The topological polar surface area (TPSA) is 54.8 Å². The number of benzene rings is 1. The SMILES string of the molecule is CCOC(=O)c1c(C)c(C(=O)N2CCN(c3ccccc3F)CC2)c(C)n1CC. The van der Waals surface area contributed by atoms with Gasteiger partial charge in [-0.15, -0.1) is 0 Å². The van der Waals surface area contributed by atoms with Gasteiger partial charge in [-0.25, -0.2) is 9.18 Å². The summed E-state index contributed by atoms with van der Waals surface area (Å²) in [6.45, 7) is 10.3. The number of nitrogens with zero attached hydrogens (tertiary/aromatic N) is 3. The Morgan fingerprint density at radius 1 is 1.07 bits per heavy atom. The van der Waals surface area contributed by atoms with E-state index >= 15 is 0 Å². The van der Waals surface area contributed by atoms with Crippen LogP contribution in [-0.4, -0.2) is 54.1 Å². The number of hydrogen-bond donors (Lipinski definition) is 0. The summed E-state index contributed by atoms with van der Waals surface area (Å²) < 4.78 is 21.1. The Kier molecular flexibility index (Phi) is 6.25. The largest absolute Gasteiger partial charge is 0.461 e. The lowest BCUT2D eigenvalue weighted by atomic mass is 10.1. The highest BCUT2D eigenvalue weighted by Gasteiger charge is 2.31. The van der Waals surface area contributed by atoms with E-state index in [2.05, 4.69) is 0 Å². The maximum Gasteiger partial charge on any atom is 0.355 e. The van der Waals surface area contributed by atoms with E-state index < -0.39 is 5.97 Å². The molecule has 0 spiro atoms. The minimum atomic E-state index is -0.404. The van der Waals surface area contributed by atoms with Crippen LogP contribution < -0.4 is 4.90 Å². The van der Waals surface area contributed by atoms with Gasteiger partial charge in [0.15, 0.2) is 0 Å². The third-order valence-electron chi connectivity index (χ3n) is 5.53. The highest BCUT2D eigenvalue weighted by Crippen LogP contribution is 2.26. The van der Waals surface area contributed by atoms with Gasteiger partial charge in [-0.05, 0) is 45.4 Å². The van der Waals surface area contributed by atoms with Gasteiger partial charge in [0.2, 0.25) is 0 Å². The molecule has 3 rings (SSSR count). The molecule has 2 heterocycles. The monoisotopic (exact) mass is 401 g/mol. The summed E-state index contributed by atoms with van der Waals surface area (Å²) in [7, 11) is 0. The molecule has 0 saturated carbocycles. The van der Waals surface area contributed by atoms with Crippen molar-refractivity contribution in [3.05, 3.63) is 52.6 Å². The average molecular weight is 401 g/mol. The number of carbonyl (C=O) groups is 2. The number of anilines is 1. The minimum Gasteiger partial charge on any atom is -0.461 e. The number of rotatable bonds is 5. The normalized spacial score (nSPS) is 14.2. The van der Waals surface area contributed by atoms with Gasteiger partial charge >= 0.3 is 5.97 Å². The molecular weight excluding hydrogens is 373 g/mol. The van der Waals surface area contributed by atoms with Gasteiger partial charge < -0.3 is 19.1 Å². The van der Waals surface area contributed by atoms with Crippen molar-refractivity contribution in [2.45, 2.75) is 34.2 Å². The number of halogens is 1. The van der Waals surface area contributed by atoms with Crippen LogP contribution in [0.3, 0.4) is 0 Å². The van der Waals surface area contributed by atoms with E-state index in [0.717, 1.165) is 5.69 Å².